The zero-order chi connectivity index (χ0) is 18.2. The molecule has 6 nitrogen and oxygen atoms in total. The Morgan fingerprint density at radius 1 is 1.27 bits per heavy atom. The maximum Gasteiger partial charge on any atom is 0.191 e. The second kappa shape index (κ2) is 11.1. The molecule has 1 aromatic carbocycles. The van der Waals surface area contributed by atoms with E-state index in [0.717, 1.165) is 36.1 Å². The molecule has 2 rings (SSSR count). The maximum atomic E-state index is 5.42. The van der Waals surface area contributed by atoms with Gasteiger partial charge in [0.25, 0.3) is 0 Å². The van der Waals surface area contributed by atoms with Gasteiger partial charge in [-0.2, -0.15) is 0 Å². The number of hydrogen-bond acceptors (Lipinski definition) is 4. The van der Waals surface area contributed by atoms with Crippen molar-refractivity contribution in [1.29, 1.82) is 0 Å². The lowest BCUT2D eigenvalue weighted by molar-refractivity contribution is 0.372. The van der Waals surface area contributed by atoms with Gasteiger partial charge in [-0.1, -0.05) is 36.7 Å². The van der Waals surface area contributed by atoms with E-state index in [1.165, 1.54) is 11.1 Å². The molecule has 0 aliphatic rings. The first-order chi connectivity index (χ1) is 12.0. The average molecular weight is 472 g/mol. The quantitative estimate of drug-likeness (QED) is 0.366. The van der Waals surface area contributed by atoms with Crippen LogP contribution in [0.5, 0.6) is 5.75 Å². The molecule has 1 aromatic heterocycles. The van der Waals surface area contributed by atoms with Crippen LogP contribution in [0.2, 0.25) is 0 Å². The van der Waals surface area contributed by atoms with Crippen LogP contribution in [0.15, 0.2) is 33.8 Å². The summed E-state index contributed by atoms with van der Waals surface area (Å²) in [7, 11) is 3.45. The summed E-state index contributed by atoms with van der Waals surface area (Å²) in [6, 6.07) is 8.19. The second-order valence-electron chi connectivity index (χ2n) is 6.29. The zero-order valence-corrected chi connectivity index (χ0v) is 18.5. The molecule has 26 heavy (non-hydrogen) atoms. The zero-order valence-electron chi connectivity index (χ0n) is 16.1. The number of guanidine groups is 1. The largest absolute Gasteiger partial charge is 0.496 e. The Morgan fingerprint density at radius 2 is 2.04 bits per heavy atom. The highest BCUT2D eigenvalue weighted by atomic mass is 127. The second-order valence-corrected chi connectivity index (χ2v) is 6.29. The lowest BCUT2D eigenvalue weighted by atomic mass is 10.1. The van der Waals surface area contributed by atoms with E-state index < -0.39 is 0 Å². The molecular formula is C19H29IN4O2. The lowest BCUT2D eigenvalue weighted by Gasteiger charge is -2.13. The number of halogens is 1. The van der Waals surface area contributed by atoms with Crippen LogP contribution in [-0.4, -0.2) is 31.8 Å². The van der Waals surface area contributed by atoms with Crippen molar-refractivity contribution in [1.82, 2.24) is 15.8 Å². The normalized spacial score (nSPS) is 11.2. The third-order valence-electron chi connectivity index (χ3n) is 3.95. The Balaban J connectivity index is 0.00000338. The van der Waals surface area contributed by atoms with Gasteiger partial charge in [0.05, 0.1) is 19.3 Å². The van der Waals surface area contributed by atoms with Gasteiger partial charge < -0.3 is 19.9 Å². The van der Waals surface area contributed by atoms with E-state index in [-0.39, 0.29) is 24.0 Å². The smallest absolute Gasteiger partial charge is 0.191 e. The van der Waals surface area contributed by atoms with E-state index in [4.69, 9.17) is 9.26 Å². The van der Waals surface area contributed by atoms with Gasteiger partial charge >= 0.3 is 0 Å². The van der Waals surface area contributed by atoms with Crippen molar-refractivity contribution < 1.29 is 9.26 Å². The SMILES string of the molecule is CN=C(NCCc1cc(C)ccc1OC)NCc1cc(C(C)C)no1.I. The summed E-state index contributed by atoms with van der Waals surface area (Å²) in [6.07, 6.45) is 0.853. The van der Waals surface area contributed by atoms with Gasteiger partial charge in [-0.25, -0.2) is 0 Å². The predicted octanol–water partition coefficient (Wildman–Crippen LogP) is 3.64. The van der Waals surface area contributed by atoms with Gasteiger partial charge in [-0.3, -0.25) is 4.99 Å². The summed E-state index contributed by atoms with van der Waals surface area (Å²) in [5.74, 6) is 2.80. The van der Waals surface area contributed by atoms with Crippen molar-refractivity contribution in [2.24, 2.45) is 4.99 Å². The molecule has 2 N–H and O–H groups in total. The molecule has 144 valence electrons. The molecular weight excluding hydrogens is 443 g/mol. The Labute approximate surface area is 172 Å². The van der Waals surface area contributed by atoms with Gasteiger partial charge in [-0.15, -0.1) is 24.0 Å². The van der Waals surface area contributed by atoms with E-state index in [0.29, 0.717) is 12.5 Å². The van der Waals surface area contributed by atoms with E-state index in [1.807, 2.05) is 12.1 Å². The van der Waals surface area contributed by atoms with Crippen LogP contribution in [0.25, 0.3) is 0 Å². The third-order valence-corrected chi connectivity index (χ3v) is 3.95. The van der Waals surface area contributed by atoms with Crippen LogP contribution in [0.3, 0.4) is 0 Å². The first-order valence-corrected chi connectivity index (χ1v) is 8.57. The topological polar surface area (TPSA) is 71.7 Å². The minimum Gasteiger partial charge on any atom is -0.496 e. The minimum absolute atomic E-state index is 0. The summed E-state index contributed by atoms with van der Waals surface area (Å²) in [4.78, 5) is 4.24. The van der Waals surface area contributed by atoms with Crippen molar-refractivity contribution >= 4 is 29.9 Å². The molecule has 1 heterocycles. The fraction of sp³-hybridized carbons (Fsp3) is 0.474. The van der Waals surface area contributed by atoms with Gasteiger partial charge in [0.1, 0.15) is 5.75 Å². The van der Waals surface area contributed by atoms with Crippen LogP contribution < -0.4 is 15.4 Å². The van der Waals surface area contributed by atoms with Crippen molar-refractivity contribution in [2.45, 2.75) is 39.7 Å². The minimum atomic E-state index is 0. The molecule has 0 spiro atoms. The van der Waals surface area contributed by atoms with Crippen molar-refractivity contribution in [3.05, 3.63) is 46.8 Å². The maximum absolute atomic E-state index is 5.42. The summed E-state index contributed by atoms with van der Waals surface area (Å²) >= 11 is 0. The number of nitrogens with one attached hydrogen (secondary N) is 2. The number of benzene rings is 1. The Bertz CT molecular complexity index is 713. The fourth-order valence-electron chi connectivity index (χ4n) is 2.49. The molecule has 2 aromatic rings. The molecule has 0 amide bonds. The molecule has 0 bridgehead atoms. The van der Waals surface area contributed by atoms with Crippen molar-refractivity contribution in [3.8, 4) is 5.75 Å². The van der Waals surface area contributed by atoms with Gasteiger partial charge in [0.2, 0.25) is 0 Å². The van der Waals surface area contributed by atoms with E-state index >= 15 is 0 Å². The van der Waals surface area contributed by atoms with E-state index in [2.05, 4.69) is 53.7 Å². The highest BCUT2D eigenvalue weighted by molar-refractivity contribution is 14.0. The van der Waals surface area contributed by atoms with Crippen molar-refractivity contribution in [3.63, 3.8) is 0 Å². The monoisotopic (exact) mass is 472 g/mol. The summed E-state index contributed by atoms with van der Waals surface area (Å²) in [5.41, 5.74) is 3.37. The number of aromatic nitrogens is 1. The molecule has 0 aliphatic heterocycles. The number of hydrogen-bond donors (Lipinski definition) is 2. The lowest BCUT2D eigenvalue weighted by Crippen LogP contribution is -2.37. The molecule has 0 saturated heterocycles. The average Bonchev–Trinajstić information content (AvgIpc) is 3.07. The standard InChI is InChI=1S/C19H28N4O2.HI/c1-13(2)17-11-16(25-23-17)12-22-19(20-4)21-9-8-15-10-14(3)6-7-18(15)24-5;/h6-7,10-11,13H,8-9,12H2,1-5H3,(H2,20,21,22);1H. The molecule has 0 unspecified atom stereocenters. The van der Waals surface area contributed by atoms with Crippen molar-refractivity contribution in [2.75, 3.05) is 20.7 Å². The molecule has 0 aliphatic carbocycles. The van der Waals surface area contributed by atoms with Crippen LogP contribution in [0, 0.1) is 6.92 Å². The third kappa shape index (κ3) is 6.51. The fourth-order valence-corrected chi connectivity index (χ4v) is 2.49. The molecule has 0 atom stereocenters. The predicted molar refractivity (Wildman–Crippen MR) is 116 cm³/mol. The number of aliphatic imine (C=N–C) groups is 1. The van der Waals surface area contributed by atoms with Crippen LogP contribution >= 0.6 is 24.0 Å². The highest BCUT2D eigenvalue weighted by Crippen LogP contribution is 2.19. The first-order valence-electron chi connectivity index (χ1n) is 8.57. The van der Waals surface area contributed by atoms with Gasteiger partial charge in [-0.05, 0) is 30.9 Å². The van der Waals surface area contributed by atoms with E-state index in [1.54, 1.807) is 14.2 Å². The summed E-state index contributed by atoms with van der Waals surface area (Å²) in [5, 5.41) is 10.6. The summed E-state index contributed by atoms with van der Waals surface area (Å²) < 4.78 is 10.7. The van der Waals surface area contributed by atoms with Gasteiger partial charge in [0, 0.05) is 19.7 Å². The van der Waals surface area contributed by atoms with Gasteiger partial charge in [0.15, 0.2) is 11.7 Å². The first kappa shape index (κ1) is 22.3. The van der Waals surface area contributed by atoms with Crippen LogP contribution in [-0.2, 0) is 13.0 Å². The number of methoxy groups -OCH3 is 1. The number of ether oxygens (including phenoxy) is 1. The number of aryl methyl sites for hydroxylation is 1. The molecule has 7 heteroatoms. The van der Waals surface area contributed by atoms with E-state index in [9.17, 15) is 0 Å². The number of rotatable bonds is 7. The molecule has 0 fully saturated rings. The van der Waals surface area contributed by atoms with Crippen LogP contribution in [0.1, 0.15) is 42.3 Å². The molecule has 0 saturated carbocycles. The van der Waals surface area contributed by atoms with Crippen LogP contribution in [0.4, 0.5) is 0 Å². The Hall–Kier alpha value is -1.77. The number of nitrogens with zero attached hydrogens (tertiary/aromatic N) is 2. The summed E-state index contributed by atoms with van der Waals surface area (Å²) in [6.45, 7) is 7.57. The highest BCUT2D eigenvalue weighted by Gasteiger charge is 2.08. The Morgan fingerprint density at radius 3 is 2.65 bits per heavy atom. The molecule has 0 radical (unpaired) electrons. The Kier molecular flexibility index (Phi) is 9.47.